The van der Waals surface area contributed by atoms with Crippen molar-refractivity contribution in [1.29, 1.82) is 0 Å². The van der Waals surface area contributed by atoms with Crippen molar-refractivity contribution in [2.45, 2.75) is 39.7 Å². The van der Waals surface area contributed by atoms with E-state index in [1.165, 1.54) is 7.11 Å². The molecule has 2 atom stereocenters. The molecule has 0 aliphatic rings. The van der Waals surface area contributed by atoms with Crippen molar-refractivity contribution in [1.82, 2.24) is 14.7 Å². The van der Waals surface area contributed by atoms with Gasteiger partial charge in [0.1, 0.15) is 24.1 Å². The average Bonchev–Trinajstić information content (AvgIpc) is 3.05. The van der Waals surface area contributed by atoms with E-state index in [1.807, 2.05) is 13.8 Å². The summed E-state index contributed by atoms with van der Waals surface area (Å²) in [6.45, 7) is 5.58. The van der Waals surface area contributed by atoms with Gasteiger partial charge in [0.2, 0.25) is 0 Å². The SMILES string of the molecule is CCc1nc2cc(C(=O)NC(C(=O)O)C(C)CC)ccn2c1NCC(=O)OC. The molecule has 2 heterocycles. The van der Waals surface area contributed by atoms with Crippen LogP contribution in [0.15, 0.2) is 18.3 Å². The molecule has 0 aromatic carbocycles. The van der Waals surface area contributed by atoms with Crippen molar-refractivity contribution in [2.75, 3.05) is 19.0 Å². The number of nitrogens with one attached hydrogen (secondary N) is 2. The molecule has 9 nitrogen and oxygen atoms in total. The maximum absolute atomic E-state index is 12.6. The summed E-state index contributed by atoms with van der Waals surface area (Å²) in [5.41, 5.74) is 1.57. The second-order valence-electron chi connectivity index (χ2n) is 6.51. The Morgan fingerprint density at radius 2 is 2.04 bits per heavy atom. The number of nitrogens with zero attached hydrogens (tertiary/aromatic N) is 2. The van der Waals surface area contributed by atoms with Crippen LogP contribution in [-0.4, -0.2) is 52.0 Å². The van der Waals surface area contributed by atoms with E-state index in [9.17, 15) is 19.5 Å². The largest absolute Gasteiger partial charge is 0.480 e. The van der Waals surface area contributed by atoms with Crippen molar-refractivity contribution in [2.24, 2.45) is 5.92 Å². The summed E-state index contributed by atoms with van der Waals surface area (Å²) in [6.07, 6.45) is 2.92. The molecule has 28 heavy (non-hydrogen) atoms. The van der Waals surface area contributed by atoms with Crippen LogP contribution in [0.2, 0.25) is 0 Å². The van der Waals surface area contributed by atoms with Gasteiger partial charge >= 0.3 is 11.9 Å². The van der Waals surface area contributed by atoms with E-state index in [2.05, 4.69) is 20.4 Å². The monoisotopic (exact) mass is 390 g/mol. The number of methoxy groups -OCH3 is 1. The van der Waals surface area contributed by atoms with E-state index in [0.29, 0.717) is 29.9 Å². The van der Waals surface area contributed by atoms with Gasteiger partial charge in [-0.3, -0.25) is 14.0 Å². The highest BCUT2D eigenvalue weighted by atomic mass is 16.5. The predicted octanol–water partition coefficient (Wildman–Crippen LogP) is 1.71. The number of aliphatic carboxylic acids is 1. The number of aryl methyl sites for hydroxylation is 1. The lowest BCUT2D eigenvalue weighted by molar-refractivity contribution is -0.140. The second-order valence-corrected chi connectivity index (χ2v) is 6.51. The third-order valence-electron chi connectivity index (χ3n) is 4.69. The van der Waals surface area contributed by atoms with E-state index >= 15 is 0 Å². The summed E-state index contributed by atoms with van der Waals surface area (Å²) in [5, 5.41) is 14.9. The van der Waals surface area contributed by atoms with Crippen LogP contribution in [0.4, 0.5) is 5.82 Å². The van der Waals surface area contributed by atoms with Gasteiger partial charge in [0.05, 0.1) is 12.8 Å². The average molecular weight is 390 g/mol. The number of hydrogen-bond acceptors (Lipinski definition) is 6. The summed E-state index contributed by atoms with van der Waals surface area (Å²) in [5.74, 6) is -1.49. The van der Waals surface area contributed by atoms with Crippen LogP contribution in [0.5, 0.6) is 0 Å². The number of anilines is 1. The Morgan fingerprint density at radius 1 is 1.32 bits per heavy atom. The smallest absolute Gasteiger partial charge is 0.326 e. The normalized spacial score (nSPS) is 13.0. The number of amides is 1. The molecule has 0 spiro atoms. The Morgan fingerprint density at radius 3 is 2.61 bits per heavy atom. The van der Waals surface area contributed by atoms with Crippen LogP contribution in [-0.2, 0) is 20.7 Å². The van der Waals surface area contributed by atoms with Crippen LogP contribution >= 0.6 is 0 Å². The molecule has 1 amide bonds. The second kappa shape index (κ2) is 9.20. The number of pyridine rings is 1. The molecule has 2 rings (SSSR count). The molecule has 3 N–H and O–H groups in total. The fourth-order valence-electron chi connectivity index (χ4n) is 2.80. The zero-order valence-electron chi connectivity index (χ0n) is 16.5. The van der Waals surface area contributed by atoms with E-state index in [4.69, 9.17) is 0 Å². The van der Waals surface area contributed by atoms with Gasteiger partial charge in [-0.2, -0.15) is 0 Å². The molecule has 0 fully saturated rings. The first kappa shape index (κ1) is 21.2. The number of fused-ring (bicyclic) bond motifs is 1. The van der Waals surface area contributed by atoms with Crippen molar-refractivity contribution >= 4 is 29.3 Å². The Labute approximate surface area is 163 Å². The lowest BCUT2D eigenvalue weighted by atomic mass is 9.99. The van der Waals surface area contributed by atoms with E-state index < -0.39 is 23.9 Å². The van der Waals surface area contributed by atoms with E-state index in [-0.39, 0.29) is 12.5 Å². The first-order valence-corrected chi connectivity index (χ1v) is 9.17. The number of imidazole rings is 1. The summed E-state index contributed by atoms with van der Waals surface area (Å²) in [6, 6.07) is 2.22. The molecule has 152 valence electrons. The fraction of sp³-hybridized carbons (Fsp3) is 0.474. The molecule has 0 bridgehead atoms. The topological polar surface area (TPSA) is 122 Å². The van der Waals surface area contributed by atoms with Gasteiger partial charge < -0.3 is 20.5 Å². The standard InChI is InChI=1S/C19H26N4O5/c1-5-11(3)16(19(26)27)22-18(25)12-7-8-23-14(9-12)21-13(6-2)17(23)20-10-15(24)28-4/h7-9,11,16,20H,5-6,10H2,1-4H3,(H,22,25)(H,26,27). The summed E-state index contributed by atoms with van der Waals surface area (Å²) in [7, 11) is 1.31. The van der Waals surface area contributed by atoms with E-state index in [1.54, 1.807) is 29.7 Å². The fourth-order valence-corrected chi connectivity index (χ4v) is 2.80. The molecule has 0 aliphatic carbocycles. The first-order valence-electron chi connectivity index (χ1n) is 9.17. The Kier molecular flexibility index (Phi) is 6.97. The van der Waals surface area contributed by atoms with Gasteiger partial charge in [-0.15, -0.1) is 0 Å². The van der Waals surface area contributed by atoms with Crippen molar-refractivity contribution in [3.8, 4) is 0 Å². The van der Waals surface area contributed by atoms with Crippen LogP contribution in [0.3, 0.4) is 0 Å². The first-order chi connectivity index (χ1) is 13.3. The number of rotatable bonds is 9. The maximum Gasteiger partial charge on any atom is 0.326 e. The van der Waals surface area contributed by atoms with Gasteiger partial charge in [-0.25, -0.2) is 9.78 Å². The summed E-state index contributed by atoms with van der Waals surface area (Å²) < 4.78 is 6.38. The van der Waals surface area contributed by atoms with E-state index in [0.717, 1.165) is 5.69 Å². The molecular weight excluding hydrogens is 364 g/mol. The van der Waals surface area contributed by atoms with Gasteiger partial charge in [-0.1, -0.05) is 27.2 Å². The zero-order chi connectivity index (χ0) is 20.8. The Bertz CT molecular complexity index is 877. The number of carbonyl (C=O) groups is 3. The zero-order valence-corrected chi connectivity index (χ0v) is 16.5. The summed E-state index contributed by atoms with van der Waals surface area (Å²) >= 11 is 0. The third-order valence-corrected chi connectivity index (χ3v) is 4.69. The van der Waals surface area contributed by atoms with Gasteiger partial charge in [0.25, 0.3) is 5.91 Å². The maximum atomic E-state index is 12.6. The number of hydrogen-bond donors (Lipinski definition) is 3. The highest BCUT2D eigenvalue weighted by Gasteiger charge is 2.26. The molecule has 9 heteroatoms. The number of carbonyl (C=O) groups excluding carboxylic acids is 2. The van der Waals surface area contributed by atoms with Crippen molar-refractivity contribution < 1.29 is 24.2 Å². The molecule has 2 aromatic rings. The molecule has 0 saturated carbocycles. The number of ether oxygens (including phenoxy) is 1. The lowest BCUT2D eigenvalue weighted by Crippen LogP contribution is -2.45. The van der Waals surface area contributed by atoms with Crippen molar-refractivity contribution in [3.05, 3.63) is 29.6 Å². The summed E-state index contributed by atoms with van der Waals surface area (Å²) in [4.78, 5) is 39.9. The van der Waals surface area contributed by atoms with Crippen LogP contribution in [0, 0.1) is 5.92 Å². The molecule has 0 radical (unpaired) electrons. The third kappa shape index (κ3) is 4.59. The Hall–Kier alpha value is -3.10. The Balaban J connectivity index is 2.29. The molecule has 0 aliphatic heterocycles. The van der Waals surface area contributed by atoms with Gasteiger partial charge in [-0.05, 0) is 24.5 Å². The molecule has 0 saturated heterocycles. The quantitative estimate of drug-likeness (QED) is 0.557. The number of esters is 1. The lowest BCUT2D eigenvalue weighted by Gasteiger charge is -2.20. The highest BCUT2D eigenvalue weighted by Crippen LogP contribution is 2.20. The van der Waals surface area contributed by atoms with Crippen LogP contribution < -0.4 is 10.6 Å². The molecular formula is C19H26N4O5. The van der Waals surface area contributed by atoms with Crippen molar-refractivity contribution in [3.63, 3.8) is 0 Å². The van der Waals surface area contributed by atoms with Gasteiger partial charge in [0.15, 0.2) is 0 Å². The number of carboxylic acid groups (broad SMARTS) is 1. The number of aromatic nitrogens is 2. The minimum atomic E-state index is -1.06. The predicted molar refractivity (Wildman–Crippen MR) is 103 cm³/mol. The molecule has 2 aromatic heterocycles. The van der Waals surface area contributed by atoms with Crippen LogP contribution in [0.1, 0.15) is 43.2 Å². The van der Waals surface area contributed by atoms with Crippen LogP contribution in [0.25, 0.3) is 5.65 Å². The minimum absolute atomic E-state index is 0.00523. The highest BCUT2D eigenvalue weighted by molar-refractivity contribution is 5.97. The minimum Gasteiger partial charge on any atom is -0.480 e. The number of carboxylic acids is 1. The molecule has 2 unspecified atom stereocenters. The van der Waals surface area contributed by atoms with Gasteiger partial charge in [0, 0.05) is 11.8 Å².